The summed E-state index contributed by atoms with van der Waals surface area (Å²) < 4.78 is 10.8. The second-order valence-corrected chi connectivity index (χ2v) is 7.61. The van der Waals surface area contributed by atoms with E-state index in [1.54, 1.807) is 60.8 Å². The SMILES string of the molecule is CCOc1ccc(Cl)c(/C(O)=C2\C(=O)C(=O)N(c3cccc(OC)c3)C2c2ccccn2)c1. The molecule has 2 aromatic carbocycles. The molecular formula is C25H21ClN2O5. The molecule has 0 radical (unpaired) electrons. The number of aromatic nitrogens is 1. The number of ketones is 1. The fourth-order valence-electron chi connectivity index (χ4n) is 3.76. The number of Topliss-reactive ketones (excluding diaryl/α,β-unsaturated/α-hetero) is 1. The van der Waals surface area contributed by atoms with Crippen molar-refractivity contribution in [3.63, 3.8) is 0 Å². The van der Waals surface area contributed by atoms with Crippen LogP contribution in [0, 0.1) is 0 Å². The Morgan fingerprint density at radius 1 is 1.09 bits per heavy atom. The second-order valence-electron chi connectivity index (χ2n) is 7.20. The number of halogens is 1. The quantitative estimate of drug-likeness (QED) is 0.321. The van der Waals surface area contributed by atoms with Gasteiger partial charge in [0.05, 0.1) is 30.0 Å². The average molecular weight is 465 g/mol. The molecule has 1 N–H and O–H groups in total. The Balaban J connectivity index is 1.94. The largest absolute Gasteiger partial charge is 0.507 e. The molecule has 33 heavy (non-hydrogen) atoms. The summed E-state index contributed by atoms with van der Waals surface area (Å²) in [5.74, 6) is -1.05. The lowest BCUT2D eigenvalue weighted by molar-refractivity contribution is -0.132. The zero-order valence-corrected chi connectivity index (χ0v) is 18.7. The first-order valence-corrected chi connectivity index (χ1v) is 10.6. The Kier molecular flexibility index (Phi) is 6.33. The van der Waals surface area contributed by atoms with Crippen LogP contribution in [0.15, 0.2) is 72.4 Å². The van der Waals surface area contributed by atoms with E-state index in [9.17, 15) is 14.7 Å². The fourth-order valence-corrected chi connectivity index (χ4v) is 3.97. The third kappa shape index (κ3) is 4.15. The van der Waals surface area contributed by atoms with Gasteiger partial charge in [-0.25, -0.2) is 0 Å². The minimum Gasteiger partial charge on any atom is -0.507 e. The molecule has 1 amide bonds. The highest BCUT2D eigenvalue weighted by Crippen LogP contribution is 2.43. The zero-order chi connectivity index (χ0) is 23.5. The molecular weight excluding hydrogens is 444 g/mol. The number of amides is 1. The van der Waals surface area contributed by atoms with Gasteiger partial charge in [0.25, 0.3) is 11.7 Å². The lowest BCUT2D eigenvalue weighted by Gasteiger charge is -2.25. The Bertz CT molecular complexity index is 1240. The van der Waals surface area contributed by atoms with Gasteiger partial charge in [-0.1, -0.05) is 23.7 Å². The number of benzene rings is 2. The van der Waals surface area contributed by atoms with Gasteiger partial charge >= 0.3 is 0 Å². The summed E-state index contributed by atoms with van der Waals surface area (Å²) in [6, 6.07) is 15.7. The first kappa shape index (κ1) is 22.4. The van der Waals surface area contributed by atoms with Crippen LogP contribution in [-0.4, -0.2) is 35.5 Å². The summed E-state index contributed by atoms with van der Waals surface area (Å²) in [5.41, 5.74) is 0.919. The number of rotatable bonds is 6. The normalized spacial score (nSPS) is 17.3. The van der Waals surface area contributed by atoms with Crippen molar-refractivity contribution in [3.8, 4) is 11.5 Å². The maximum Gasteiger partial charge on any atom is 0.300 e. The summed E-state index contributed by atoms with van der Waals surface area (Å²) in [6.45, 7) is 2.24. The van der Waals surface area contributed by atoms with E-state index in [1.165, 1.54) is 18.1 Å². The van der Waals surface area contributed by atoms with Gasteiger partial charge in [0.15, 0.2) is 0 Å². The molecule has 0 spiro atoms. The summed E-state index contributed by atoms with van der Waals surface area (Å²) in [7, 11) is 1.51. The minimum atomic E-state index is -0.967. The predicted octanol–water partition coefficient (Wildman–Crippen LogP) is 4.77. The summed E-state index contributed by atoms with van der Waals surface area (Å²) >= 11 is 6.35. The summed E-state index contributed by atoms with van der Waals surface area (Å²) in [5, 5.41) is 11.5. The average Bonchev–Trinajstić information content (AvgIpc) is 3.11. The van der Waals surface area contributed by atoms with Gasteiger partial charge in [0, 0.05) is 23.5 Å². The maximum atomic E-state index is 13.2. The Hall–Kier alpha value is -3.84. The van der Waals surface area contributed by atoms with Crippen LogP contribution in [0.2, 0.25) is 5.02 Å². The van der Waals surface area contributed by atoms with Gasteiger partial charge in [-0.15, -0.1) is 0 Å². The van der Waals surface area contributed by atoms with Gasteiger partial charge in [-0.3, -0.25) is 19.5 Å². The molecule has 1 saturated heterocycles. The number of anilines is 1. The lowest BCUT2D eigenvalue weighted by atomic mass is 9.98. The number of aliphatic hydroxyl groups is 1. The highest BCUT2D eigenvalue weighted by Gasteiger charge is 2.47. The van der Waals surface area contributed by atoms with Crippen molar-refractivity contribution in [2.75, 3.05) is 18.6 Å². The van der Waals surface area contributed by atoms with Crippen LogP contribution in [0.3, 0.4) is 0 Å². The molecule has 0 aliphatic carbocycles. The third-order valence-corrected chi connectivity index (χ3v) is 5.58. The molecule has 8 heteroatoms. The van der Waals surface area contributed by atoms with Crippen LogP contribution >= 0.6 is 11.6 Å². The summed E-state index contributed by atoms with van der Waals surface area (Å²) in [6.07, 6.45) is 1.56. The van der Waals surface area contributed by atoms with Crippen molar-refractivity contribution in [1.82, 2.24) is 4.98 Å². The Labute approximate surface area is 195 Å². The monoisotopic (exact) mass is 464 g/mol. The molecule has 0 saturated carbocycles. The Morgan fingerprint density at radius 2 is 1.91 bits per heavy atom. The summed E-state index contributed by atoms with van der Waals surface area (Å²) in [4.78, 5) is 32.1. The van der Waals surface area contributed by atoms with Crippen molar-refractivity contribution >= 4 is 34.7 Å². The molecule has 1 unspecified atom stereocenters. The molecule has 2 heterocycles. The van der Waals surface area contributed by atoms with Crippen molar-refractivity contribution in [2.24, 2.45) is 0 Å². The Morgan fingerprint density at radius 3 is 2.61 bits per heavy atom. The predicted molar refractivity (Wildman–Crippen MR) is 125 cm³/mol. The smallest absolute Gasteiger partial charge is 0.300 e. The van der Waals surface area contributed by atoms with E-state index in [0.717, 1.165) is 0 Å². The number of pyridine rings is 1. The van der Waals surface area contributed by atoms with Gasteiger partial charge in [-0.05, 0) is 49.4 Å². The highest BCUT2D eigenvalue weighted by molar-refractivity contribution is 6.52. The molecule has 3 aromatic rings. The highest BCUT2D eigenvalue weighted by atomic mass is 35.5. The number of hydrogen-bond acceptors (Lipinski definition) is 6. The van der Waals surface area contributed by atoms with E-state index >= 15 is 0 Å². The molecule has 168 valence electrons. The molecule has 1 atom stereocenters. The molecule has 1 aromatic heterocycles. The number of nitrogens with zero attached hydrogens (tertiary/aromatic N) is 2. The van der Waals surface area contributed by atoms with Crippen LogP contribution in [-0.2, 0) is 9.59 Å². The van der Waals surface area contributed by atoms with Gasteiger partial charge in [0.2, 0.25) is 0 Å². The van der Waals surface area contributed by atoms with E-state index in [1.807, 2.05) is 6.92 Å². The van der Waals surface area contributed by atoms with Crippen LogP contribution in [0.25, 0.3) is 5.76 Å². The van der Waals surface area contributed by atoms with E-state index in [4.69, 9.17) is 21.1 Å². The molecule has 1 aliphatic rings. The molecule has 4 rings (SSSR count). The topological polar surface area (TPSA) is 89.0 Å². The van der Waals surface area contributed by atoms with Crippen LogP contribution in [0.1, 0.15) is 24.2 Å². The van der Waals surface area contributed by atoms with Gasteiger partial charge < -0.3 is 14.6 Å². The molecule has 1 fully saturated rings. The van der Waals surface area contributed by atoms with Crippen molar-refractivity contribution in [3.05, 3.63) is 88.7 Å². The lowest BCUT2D eigenvalue weighted by Crippen LogP contribution is -2.29. The maximum absolute atomic E-state index is 13.2. The fraction of sp³-hybridized carbons (Fsp3) is 0.160. The second kappa shape index (κ2) is 9.34. The van der Waals surface area contributed by atoms with Crippen LogP contribution in [0.4, 0.5) is 5.69 Å². The van der Waals surface area contributed by atoms with Gasteiger partial charge in [0.1, 0.15) is 23.3 Å². The first-order chi connectivity index (χ1) is 16.0. The van der Waals surface area contributed by atoms with E-state index in [-0.39, 0.29) is 16.2 Å². The van der Waals surface area contributed by atoms with E-state index < -0.39 is 23.5 Å². The van der Waals surface area contributed by atoms with E-state index in [0.29, 0.717) is 29.5 Å². The molecule has 7 nitrogen and oxygen atoms in total. The standard InChI is InChI=1S/C25H21ClN2O5/c1-3-33-17-10-11-19(26)18(14-17)23(29)21-22(20-9-4-5-12-27-20)28(25(31)24(21)30)15-7-6-8-16(13-15)32-2/h4-14,22,29H,3H2,1-2H3/b23-21+. The van der Waals surface area contributed by atoms with Crippen molar-refractivity contribution < 1.29 is 24.2 Å². The number of hydrogen-bond donors (Lipinski definition) is 1. The van der Waals surface area contributed by atoms with Crippen molar-refractivity contribution in [2.45, 2.75) is 13.0 Å². The third-order valence-electron chi connectivity index (χ3n) is 5.25. The molecule has 1 aliphatic heterocycles. The zero-order valence-electron chi connectivity index (χ0n) is 18.0. The number of methoxy groups -OCH3 is 1. The first-order valence-electron chi connectivity index (χ1n) is 10.2. The van der Waals surface area contributed by atoms with E-state index in [2.05, 4.69) is 4.98 Å². The number of carbonyl (C=O) groups excluding carboxylic acids is 2. The van der Waals surface area contributed by atoms with Gasteiger partial charge in [-0.2, -0.15) is 0 Å². The van der Waals surface area contributed by atoms with Crippen LogP contribution < -0.4 is 14.4 Å². The van der Waals surface area contributed by atoms with Crippen LogP contribution in [0.5, 0.6) is 11.5 Å². The van der Waals surface area contributed by atoms with Crippen molar-refractivity contribution in [1.29, 1.82) is 0 Å². The number of aliphatic hydroxyl groups excluding tert-OH is 1. The number of ether oxygens (including phenoxy) is 2. The molecule has 0 bridgehead atoms. The minimum absolute atomic E-state index is 0.114. The number of carbonyl (C=O) groups is 2.